The van der Waals surface area contributed by atoms with E-state index in [-0.39, 0.29) is 11.2 Å². The molecule has 8 heteroatoms. The number of benzene rings is 2. The van der Waals surface area contributed by atoms with Crippen molar-refractivity contribution in [3.63, 3.8) is 0 Å². The van der Waals surface area contributed by atoms with Gasteiger partial charge in [0.05, 0.1) is 24.9 Å². The van der Waals surface area contributed by atoms with E-state index >= 15 is 0 Å². The Morgan fingerprint density at radius 1 is 1.20 bits per heavy atom. The van der Waals surface area contributed by atoms with Crippen molar-refractivity contribution in [3.8, 4) is 28.1 Å². The van der Waals surface area contributed by atoms with E-state index in [0.717, 1.165) is 13.0 Å². The number of likely N-dealkylation sites (N-methyl/N-ethyl adjacent to an activating group) is 1. The zero-order valence-corrected chi connectivity index (χ0v) is 20.3. The SMILES string of the molecule is [C-]#[N+]c1ccc(-c2nc(N(C)CC3CCCCCN3)n(C)c(=O)c2-c2ccc(OC)cc2)cc1F. The molecule has 1 fully saturated rings. The van der Waals surface area contributed by atoms with Crippen LogP contribution in [0.4, 0.5) is 16.0 Å². The number of nitrogens with one attached hydrogen (secondary N) is 1. The third-order valence-corrected chi connectivity index (χ3v) is 6.49. The van der Waals surface area contributed by atoms with Gasteiger partial charge in [-0.1, -0.05) is 37.1 Å². The molecular formula is C27H30FN5O2. The van der Waals surface area contributed by atoms with E-state index in [1.807, 2.05) is 11.9 Å². The Labute approximate surface area is 205 Å². The van der Waals surface area contributed by atoms with Crippen LogP contribution in [-0.2, 0) is 7.05 Å². The second-order valence-corrected chi connectivity index (χ2v) is 8.89. The Bertz CT molecular complexity index is 1290. The number of nitrogens with zero attached hydrogens (tertiary/aromatic N) is 4. The summed E-state index contributed by atoms with van der Waals surface area (Å²) in [5.74, 6) is 0.529. The standard InChI is InChI=1S/C27H30FN5O2/c1-29-23-14-11-19(16-22(23)28)25-24(18-9-12-21(35-4)13-10-18)26(34)33(3)27(31-25)32(2)17-20-8-6-5-7-15-30-20/h9-14,16,20,30H,5-8,15,17H2,2-4H3. The Balaban J connectivity index is 1.84. The number of halogens is 1. The van der Waals surface area contributed by atoms with Crippen molar-refractivity contribution in [2.24, 2.45) is 7.05 Å². The molecule has 1 atom stereocenters. The first-order valence-electron chi connectivity index (χ1n) is 11.8. The fourth-order valence-corrected chi connectivity index (χ4v) is 4.57. The minimum Gasteiger partial charge on any atom is -0.497 e. The van der Waals surface area contributed by atoms with Gasteiger partial charge in [0.15, 0.2) is 0 Å². The van der Waals surface area contributed by atoms with Crippen molar-refractivity contribution in [1.82, 2.24) is 14.9 Å². The van der Waals surface area contributed by atoms with Crippen LogP contribution in [0.3, 0.4) is 0 Å². The van der Waals surface area contributed by atoms with Crippen LogP contribution in [0, 0.1) is 12.4 Å². The predicted molar refractivity (Wildman–Crippen MR) is 137 cm³/mol. The van der Waals surface area contributed by atoms with E-state index in [9.17, 15) is 9.18 Å². The molecule has 0 bridgehead atoms. The van der Waals surface area contributed by atoms with Gasteiger partial charge in [-0.2, -0.15) is 0 Å². The highest BCUT2D eigenvalue weighted by Crippen LogP contribution is 2.33. The maximum Gasteiger partial charge on any atom is 0.263 e. The number of ether oxygens (including phenoxy) is 1. The van der Waals surface area contributed by atoms with Gasteiger partial charge < -0.3 is 15.0 Å². The molecule has 0 amide bonds. The van der Waals surface area contributed by atoms with Crippen LogP contribution in [0.5, 0.6) is 5.75 Å². The van der Waals surface area contributed by atoms with Gasteiger partial charge >= 0.3 is 0 Å². The van der Waals surface area contributed by atoms with Crippen molar-refractivity contribution in [2.45, 2.75) is 31.7 Å². The molecular weight excluding hydrogens is 445 g/mol. The van der Waals surface area contributed by atoms with E-state index in [1.165, 1.54) is 31.4 Å². The van der Waals surface area contributed by atoms with Gasteiger partial charge in [0, 0.05) is 32.2 Å². The second kappa shape index (κ2) is 10.7. The van der Waals surface area contributed by atoms with Crippen LogP contribution >= 0.6 is 0 Å². The van der Waals surface area contributed by atoms with E-state index in [0.29, 0.717) is 46.7 Å². The number of aromatic nitrogens is 2. The smallest absolute Gasteiger partial charge is 0.263 e. The Morgan fingerprint density at radius 2 is 1.94 bits per heavy atom. The molecule has 1 saturated heterocycles. The molecule has 0 saturated carbocycles. The summed E-state index contributed by atoms with van der Waals surface area (Å²) in [6, 6.07) is 11.8. The highest BCUT2D eigenvalue weighted by Gasteiger charge is 2.22. The van der Waals surface area contributed by atoms with Crippen LogP contribution in [0.15, 0.2) is 47.3 Å². The largest absolute Gasteiger partial charge is 0.497 e. The predicted octanol–water partition coefficient (Wildman–Crippen LogP) is 4.78. The number of hydrogen-bond acceptors (Lipinski definition) is 5. The zero-order chi connectivity index (χ0) is 24.9. The third-order valence-electron chi connectivity index (χ3n) is 6.49. The Hall–Kier alpha value is -3.70. The molecule has 1 aromatic heterocycles. The average molecular weight is 476 g/mol. The van der Waals surface area contributed by atoms with Crippen molar-refractivity contribution in [1.29, 1.82) is 0 Å². The zero-order valence-electron chi connectivity index (χ0n) is 20.3. The average Bonchev–Trinajstić information content (AvgIpc) is 3.14. The molecule has 2 heterocycles. The molecule has 1 unspecified atom stereocenters. The number of hydrogen-bond donors (Lipinski definition) is 1. The normalized spacial score (nSPS) is 15.8. The lowest BCUT2D eigenvalue weighted by atomic mass is 10.00. The molecule has 0 aliphatic carbocycles. The molecule has 2 aromatic carbocycles. The van der Waals surface area contributed by atoms with Crippen molar-refractivity contribution >= 4 is 11.6 Å². The minimum atomic E-state index is -0.641. The van der Waals surface area contributed by atoms with Crippen molar-refractivity contribution < 1.29 is 9.13 Å². The summed E-state index contributed by atoms with van der Waals surface area (Å²) in [4.78, 5) is 23.8. The lowest BCUT2D eigenvalue weighted by Gasteiger charge is -2.27. The van der Waals surface area contributed by atoms with E-state index in [2.05, 4.69) is 10.2 Å². The topological polar surface area (TPSA) is 63.8 Å². The second-order valence-electron chi connectivity index (χ2n) is 8.89. The van der Waals surface area contributed by atoms with Crippen LogP contribution in [0.1, 0.15) is 25.7 Å². The Morgan fingerprint density at radius 3 is 2.63 bits per heavy atom. The van der Waals surface area contributed by atoms with Gasteiger partial charge in [0.25, 0.3) is 5.56 Å². The Kier molecular flexibility index (Phi) is 7.47. The summed E-state index contributed by atoms with van der Waals surface area (Å²) >= 11 is 0. The van der Waals surface area contributed by atoms with Crippen LogP contribution in [-0.4, -0.2) is 42.8 Å². The maximum absolute atomic E-state index is 14.6. The van der Waals surface area contributed by atoms with Crippen LogP contribution in [0.2, 0.25) is 0 Å². The molecule has 1 aliphatic rings. The van der Waals surface area contributed by atoms with E-state index < -0.39 is 5.82 Å². The van der Waals surface area contributed by atoms with Crippen molar-refractivity contribution in [3.05, 3.63) is 70.1 Å². The fraction of sp³-hybridized carbons (Fsp3) is 0.370. The molecule has 3 aromatic rings. The molecule has 7 nitrogen and oxygen atoms in total. The summed E-state index contributed by atoms with van der Waals surface area (Å²) in [5.41, 5.74) is 1.55. The van der Waals surface area contributed by atoms with E-state index in [1.54, 1.807) is 49.1 Å². The lowest BCUT2D eigenvalue weighted by Crippen LogP contribution is -2.41. The number of rotatable bonds is 6. The summed E-state index contributed by atoms with van der Waals surface area (Å²) in [6.07, 6.45) is 4.63. The molecule has 0 radical (unpaired) electrons. The molecule has 35 heavy (non-hydrogen) atoms. The first kappa shape index (κ1) is 24.4. The van der Waals surface area contributed by atoms with Gasteiger partial charge in [-0.3, -0.25) is 9.36 Å². The van der Waals surface area contributed by atoms with E-state index in [4.69, 9.17) is 16.3 Å². The van der Waals surface area contributed by atoms with Gasteiger partial charge in [0.1, 0.15) is 11.6 Å². The summed E-state index contributed by atoms with van der Waals surface area (Å²) in [6.45, 7) is 8.84. The highest BCUT2D eigenvalue weighted by atomic mass is 19.1. The third kappa shape index (κ3) is 5.20. The minimum absolute atomic E-state index is 0.0691. The highest BCUT2D eigenvalue weighted by molar-refractivity contribution is 5.82. The van der Waals surface area contributed by atoms with Crippen molar-refractivity contribution in [2.75, 3.05) is 32.1 Å². The molecule has 1 aliphatic heterocycles. The van der Waals surface area contributed by atoms with Gasteiger partial charge in [-0.15, -0.1) is 0 Å². The molecule has 4 rings (SSSR count). The number of methoxy groups -OCH3 is 1. The number of anilines is 1. The molecule has 0 spiro atoms. The van der Waals surface area contributed by atoms with Gasteiger partial charge in [-0.25, -0.2) is 14.2 Å². The molecule has 182 valence electrons. The maximum atomic E-state index is 14.6. The first-order chi connectivity index (χ1) is 16.9. The summed E-state index contributed by atoms with van der Waals surface area (Å²) < 4.78 is 21.4. The summed E-state index contributed by atoms with van der Waals surface area (Å²) in [7, 11) is 5.21. The quantitative estimate of drug-likeness (QED) is 0.520. The monoisotopic (exact) mass is 475 g/mol. The van der Waals surface area contributed by atoms with Crippen LogP contribution in [0.25, 0.3) is 27.2 Å². The fourth-order valence-electron chi connectivity index (χ4n) is 4.57. The summed E-state index contributed by atoms with van der Waals surface area (Å²) in [5, 5.41) is 3.58. The molecule has 1 N–H and O–H groups in total. The van der Waals surface area contributed by atoms with Gasteiger partial charge in [0.2, 0.25) is 11.6 Å². The van der Waals surface area contributed by atoms with Gasteiger partial charge in [-0.05, 0) is 43.1 Å². The lowest BCUT2D eigenvalue weighted by molar-refractivity contribution is 0.415. The van der Waals surface area contributed by atoms with Crippen LogP contribution < -0.4 is 20.5 Å². The first-order valence-corrected chi connectivity index (χ1v) is 11.8.